The Hall–Kier alpha value is -4.05. The van der Waals surface area contributed by atoms with Crippen LogP contribution in [0.25, 0.3) is 0 Å². The van der Waals surface area contributed by atoms with Crippen molar-refractivity contribution in [1.82, 2.24) is 14.8 Å². The number of thioether (sulfide) groups is 1. The van der Waals surface area contributed by atoms with Crippen LogP contribution in [-0.4, -0.2) is 20.7 Å². The Morgan fingerprint density at radius 1 is 1.02 bits per heavy atom. The fourth-order valence-corrected chi connectivity index (χ4v) is 6.81. The Balaban J connectivity index is 1.40. The molecule has 0 fully saturated rings. The summed E-state index contributed by atoms with van der Waals surface area (Å²) in [6, 6.07) is 27.1. The van der Waals surface area contributed by atoms with E-state index in [4.69, 9.17) is 26.4 Å². The molecule has 1 aromatic heterocycles. The molecule has 6 rings (SSSR count). The van der Waals surface area contributed by atoms with Gasteiger partial charge in [-0.1, -0.05) is 99.5 Å². The maximum absolute atomic E-state index is 14.3. The largest absolute Gasteiger partial charge is 0.489 e. The van der Waals surface area contributed by atoms with E-state index in [1.54, 1.807) is 4.68 Å². The highest BCUT2D eigenvalue weighted by atomic mass is 79.9. The van der Waals surface area contributed by atoms with Crippen LogP contribution >= 0.6 is 39.3 Å². The summed E-state index contributed by atoms with van der Waals surface area (Å²) in [5, 5.41) is 12.7. The molecule has 2 N–H and O–H groups in total. The van der Waals surface area contributed by atoms with E-state index < -0.39 is 6.04 Å². The summed E-state index contributed by atoms with van der Waals surface area (Å²) in [6.45, 7) is 8.36. The lowest BCUT2D eigenvalue weighted by Crippen LogP contribution is -2.32. The van der Waals surface area contributed by atoms with E-state index in [0.717, 1.165) is 38.0 Å². The Morgan fingerprint density at radius 3 is 2.59 bits per heavy atom. The second-order valence-electron chi connectivity index (χ2n) is 11.3. The van der Waals surface area contributed by atoms with Gasteiger partial charge in [0.2, 0.25) is 11.1 Å². The Kier molecular flexibility index (Phi) is 9.54. The number of hydrogen-bond acceptors (Lipinski definition) is 6. The molecule has 0 aliphatic carbocycles. The van der Waals surface area contributed by atoms with Gasteiger partial charge in [-0.2, -0.15) is 4.98 Å². The number of carbonyl (C=O) groups excluding carboxylic acids is 1. The van der Waals surface area contributed by atoms with Crippen molar-refractivity contribution in [3.63, 3.8) is 0 Å². The quantitative estimate of drug-likeness (QED) is 0.148. The van der Waals surface area contributed by atoms with Crippen molar-refractivity contribution >= 4 is 56.8 Å². The van der Waals surface area contributed by atoms with E-state index >= 15 is 0 Å². The standard InChI is InChI=1S/C36H33BrClN5O2S/c1-21-12-14-25(15-13-21)19-45-31-17-16-27(37)18-28(31)33-32(34(44)40-30-11-7-8-22(2)23(30)3)24(4)39-35-41-36(42-43(33)35)46-20-26-9-5-6-10-29(26)38/h5-18,33H,19-20H2,1-4H3,(H,40,44)(H,39,41,42). The first-order valence-corrected chi connectivity index (χ1v) is 17.0. The van der Waals surface area contributed by atoms with E-state index in [1.165, 1.54) is 17.3 Å². The van der Waals surface area contributed by atoms with Crippen LogP contribution in [0, 0.1) is 20.8 Å². The van der Waals surface area contributed by atoms with Gasteiger partial charge >= 0.3 is 0 Å². The molecule has 7 nitrogen and oxygen atoms in total. The highest BCUT2D eigenvalue weighted by Gasteiger charge is 2.36. The summed E-state index contributed by atoms with van der Waals surface area (Å²) in [7, 11) is 0. The predicted molar refractivity (Wildman–Crippen MR) is 190 cm³/mol. The number of amides is 1. The first kappa shape index (κ1) is 31.9. The summed E-state index contributed by atoms with van der Waals surface area (Å²) in [5.74, 6) is 1.55. The third-order valence-electron chi connectivity index (χ3n) is 8.03. The smallest absolute Gasteiger partial charge is 0.255 e. The fourth-order valence-electron chi connectivity index (χ4n) is 5.32. The molecule has 0 spiro atoms. The number of ether oxygens (including phenoxy) is 1. The number of allylic oxidation sites excluding steroid dienone is 1. The molecule has 0 bridgehead atoms. The lowest BCUT2D eigenvalue weighted by Gasteiger charge is -2.30. The van der Waals surface area contributed by atoms with Crippen LogP contribution in [0.3, 0.4) is 0 Å². The minimum Gasteiger partial charge on any atom is -0.489 e. The van der Waals surface area contributed by atoms with Crippen molar-refractivity contribution in [3.05, 3.63) is 139 Å². The van der Waals surface area contributed by atoms with Gasteiger partial charge in [0, 0.05) is 32.2 Å². The number of carbonyl (C=O) groups is 1. The summed E-state index contributed by atoms with van der Waals surface area (Å²) in [4.78, 5) is 19.1. The van der Waals surface area contributed by atoms with Gasteiger partial charge in [0.15, 0.2) is 0 Å². The molecule has 10 heteroatoms. The Bertz CT molecular complexity index is 1960. The molecule has 0 radical (unpaired) electrons. The molecule has 0 saturated heterocycles. The number of fused-ring (bicyclic) bond motifs is 1. The van der Waals surface area contributed by atoms with Gasteiger partial charge in [-0.25, -0.2) is 4.68 Å². The molecular formula is C36H33BrClN5O2S. The molecule has 234 valence electrons. The van der Waals surface area contributed by atoms with Gasteiger partial charge in [0.25, 0.3) is 5.91 Å². The Labute approximate surface area is 286 Å². The second-order valence-corrected chi connectivity index (χ2v) is 13.5. The Morgan fingerprint density at radius 2 is 1.80 bits per heavy atom. The van der Waals surface area contributed by atoms with Crippen molar-refractivity contribution in [2.24, 2.45) is 0 Å². The predicted octanol–water partition coefficient (Wildman–Crippen LogP) is 9.42. The van der Waals surface area contributed by atoms with Gasteiger partial charge in [0.05, 0.1) is 5.57 Å². The normalized spacial score (nSPS) is 14.1. The van der Waals surface area contributed by atoms with Crippen LogP contribution in [0.1, 0.15) is 46.3 Å². The fraction of sp³-hybridized carbons (Fsp3) is 0.194. The molecule has 2 heterocycles. The van der Waals surface area contributed by atoms with Gasteiger partial charge in [-0.15, -0.1) is 5.10 Å². The highest BCUT2D eigenvalue weighted by molar-refractivity contribution is 9.10. The second kappa shape index (κ2) is 13.7. The molecule has 5 aromatic rings. The number of rotatable bonds is 9. The van der Waals surface area contributed by atoms with Crippen LogP contribution in [0.15, 0.2) is 106 Å². The first-order valence-electron chi connectivity index (χ1n) is 14.8. The first-order chi connectivity index (χ1) is 22.2. The zero-order valence-electron chi connectivity index (χ0n) is 25.9. The number of nitrogens with zero attached hydrogens (tertiary/aromatic N) is 3. The molecule has 4 aromatic carbocycles. The number of anilines is 2. The van der Waals surface area contributed by atoms with Crippen LogP contribution in [0.2, 0.25) is 5.02 Å². The molecular weight excluding hydrogens is 682 g/mol. The van der Waals surface area contributed by atoms with Crippen molar-refractivity contribution in [2.75, 3.05) is 10.6 Å². The van der Waals surface area contributed by atoms with Gasteiger partial charge in [-0.3, -0.25) is 4.79 Å². The van der Waals surface area contributed by atoms with Crippen LogP contribution in [0.5, 0.6) is 5.75 Å². The number of benzene rings is 4. The van der Waals surface area contributed by atoms with Crippen LogP contribution < -0.4 is 15.4 Å². The van der Waals surface area contributed by atoms with Crippen LogP contribution in [0.4, 0.5) is 11.6 Å². The zero-order chi connectivity index (χ0) is 32.4. The van der Waals surface area contributed by atoms with Gasteiger partial charge < -0.3 is 15.4 Å². The SMILES string of the molecule is CC1=C(C(=O)Nc2cccc(C)c2C)C(c2cc(Br)ccc2OCc2ccc(C)cc2)n2nc(SCc3ccccc3Cl)nc2N1. The van der Waals surface area contributed by atoms with E-state index in [-0.39, 0.29) is 5.91 Å². The van der Waals surface area contributed by atoms with Crippen molar-refractivity contribution in [3.8, 4) is 5.75 Å². The van der Waals surface area contributed by atoms with Crippen molar-refractivity contribution in [2.45, 2.75) is 51.3 Å². The molecule has 1 atom stereocenters. The molecule has 46 heavy (non-hydrogen) atoms. The molecule has 1 aliphatic rings. The third kappa shape index (κ3) is 6.87. The highest BCUT2D eigenvalue weighted by Crippen LogP contribution is 2.42. The maximum atomic E-state index is 14.3. The van der Waals surface area contributed by atoms with Gasteiger partial charge in [0.1, 0.15) is 18.4 Å². The number of nitrogens with one attached hydrogen (secondary N) is 2. The summed E-state index contributed by atoms with van der Waals surface area (Å²) in [5.41, 5.74) is 8.07. The van der Waals surface area contributed by atoms with E-state index in [0.29, 0.717) is 45.5 Å². The summed E-state index contributed by atoms with van der Waals surface area (Å²) < 4.78 is 9.08. The number of aryl methyl sites for hydroxylation is 2. The minimum absolute atomic E-state index is 0.236. The zero-order valence-corrected chi connectivity index (χ0v) is 29.1. The monoisotopic (exact) mass is 713 g/mol. The number of aromatic nitrogens is 3. The van der Waals surface area contributed by atoms with Crippen LogP contribution in [-0.2, 0) is 17.2 Å². The lowest BCUT2D eigenvalue weighted by molar-refractivity contribution is -0.113. The average molecular weight is 715 g/mol. The maximum Gasteiger partial charge on any atom is 0.255 e. The molecule has 1 amide bonds. The lowest BCUT2D eigenvalue weighted by atomic mass is 9.94. The van der Waals surface area contributed by atoms with Crippen molar-refractivity contribution in [1.29, 1.82) is 0 Å². The summed E-state index contributed by atoms with van der Waals surface area (Å²) in [6.07, 6.45) is 0. The van der Waals surface area contributed by atoms with Crippen molar-refractivity contribution < 1.29 is 9.53 Å². The van der Waals surface area contributed by atoms with E-state index in [1.807, 2.05) is 81.4 Å². The average Bonchev–Trinajstić information content (AvgIpc) is 3.44. The summed E-state index contributed by atoms with van der Waals surface area (Å²) >= 11 is 11.6. The topological polar surface area (TPSA) is 81.1 Å². The molecule has 1 unspecified atom stereocenters. The molecule has 1 aliphatic heterocycles. The minimum atomic E-state index is -0.631. The van der Waals surface area contributed by atoms with Gasteiger partial charge in [-0.05, 0) is 80.3 Å². The van der Waals surface area contributed by atoms with E-state index in [2.05, 4.69) is 57.8 Å². The third-order valence-corrected chi connectivity index (χ3v) is 9.78. The number of hydrogen-bond donors (Lipinski definition) is 2. The number of halogens is 2. The van der Waals surface area contributed by atoms with E-state index in [9.17, 15) is 4.79 Å². The molecule has 0 saturated carbocycles.